The van der Waals surface area contributed by atoms with Crippen LogP contribution in [0.15, 0.2) is 77.0 Å². The lowest BCUT2D eigenvalue weighted by atomic mass is 10.2. The molecular weight excluding hydrogens is 534 g/mol. The molecule has 0 radical (unpaired) electrons. The van der Waals surface area contributed by atoms with Crippen molar-refractivity contribution in [3.8, 4) is 40.1 Å². The van der Waals surface area contributed by atoms with E-state index in [4.69, 9.17) is 18.9 Å². The zero-order chi connectivity index (χ0) is 28.5. The maximum atomic E-state index is 12.6. The molecule has 0 saturated heterocycles. The van der Waals surface area contributed by atoms with Crippen molar-refractivity contribution in [3.05, 3.63) is 72.3 Å². The van der Waals surface area contributed by atoms with E-state index in [9.17, 15) is 9.59 Å². The Kier molecular flexibility index (Phi) is 9.36. The van der Waals surface area contributed by atoms with Gasteiger partial charge in [0.15, 0.2) is 22.5 Å². The second-order valence-electron chi connectivity index (χ2n) is 8.14. The van der Waals surface area contributed by atoms with Gasteiger partial charge < -0.3 is 18.9 Å². The van der Waals surface area contributed by atoms with E-state index >= 15 is 0 Å². The number of nitrogens with one attached hydrogen (secondary N) is 1. The van der Waals surface area contributed by atoms with E-state index in [0.717, 1.165) is 17.0 Å². The van der Waals surface area contributed by atoms with Gasteiger partial charge in [-0.05, 0) is 48.5 Å². The monoisotopic (exact) mass is 561 g/mol. The van der Waals surface area contributed by atoms with Gasteiger partial charge >= 0.3 is 5.97 Å². The number of hydrogen-bond acceptors (Lipinski definition) is 10. The maximum absolute atomic E-state index is 12.6. The first-order chi connectivity index (χ1) is 19.4. The third-order valence-electron chi connectivity index (χ3n) is 5.46. The Bertz CT molecular complexity index is 1480. The number of rotatable bonds is 11. The quantitative estimate of drug-likeness (QED) is 0.0946. The zero-order valence-corrected chi connectivity index (χ0v) is 23.1. The minimum atomic E-state index is -0.512. The largest absolute Gasteiger partial charge is 0.497 e. The van der Waals surface area contributed by atoms with Gasteiger partial charge in [-0.15, -0.1) is 10.2 Å². The molecule has 1 heterocycles. The summed E-state index contributed by atoms with van der Waals surface area (Å²) in [5.74, 6) is 1.28. The number of hydrogen-bond donors (Lipinski definition) is 1. The zero-order valence-electron chi connectivity index (χ0n) is 22.3. The highest BCUT2D eigenvalue weighted by molar-refractivity contribution is 7.99. The summed E-state index contributed by atoms with van der Waals surface area (Å²) in [5.41, 5.74) is 4.78. The number of carbonyl (C=O) groups is 2. The normalized spacial score (nSPS) is 10.8. The van der Waals surface area contributed by atoms with Crippen molar-refractivity contribution < 1.29 is 28.5 Å². The molecule has 0 aliphatic carbocycles. The highest BCUT2D eigenvalue weighted by Crippen LogP contribution is 2.38. The first kappa shape index (κ1) is 28.2. The van der Waals surface area contributed by atoms with E-state index in [-0.39, 0.29) is 28.9 Å². The van der Waals surface area contributed by atoms with Crippen molar-refractivity contribution in [2.24, 2.45) is 5.10 Å². The van der Waals surface area contributed by atoms with Gasteiger partial charge in [0.25, 0.3) is 5.91 Å². The molecule has 4 aromatic rings. The topological polar surface area (TPSA) is 126 Å². The fourth-order valence-corrected chi connectivity index (χ4v) is 4.40. The van der Waals surface area contributed by atoms with E-state index in [0.29, 0.717) is 16.5 Å². The standard InChI is InChI=1S/C28H27N5O6S/c1-18(34)39-26-23(37-3)14-19(15-24(26)38-4)16-29-30-25(35)17-40-28-32-31-27(20-10-12-22(36-2)13-11-20)33(28)21-8-6-5-7-9-21/h5-16H,17H2,1-4H3,(H,30,35)/b29-16-. The van der Waals surface area contributed by atoms with Crippen LogP contribution in [0.25, 0.3) is 17.1 Å². The smallest absolute Gasteiger partial charge is 0.308 e. The minimum absolute atomic E-state index is 0.0446. The summed E-state index contributed by atoms with van der Waals surface area (Å²) in [4.78, 5) is 24.0. The SMILES string of the molecule is COc1ccc(-c2nnc(SCC(=O)N/N=C\c3cc(OC)c(OC(C)=O)c(OC)c3)n2-c2ccccc2)cc1. The van der Waals surface area contributed by atoms with Crippen LogP contribution in [0.5, 0.6) is 23.0 Å². The van der Waals surface area contributed by atoms with Gasteiger partial charge in [-0.2, -0.15) is 5.10 Å². The summed E-state index contributed by atoms with van der Waals surface area (Å²) in [5, 5.41) is 13.3. The number of thioether (sulfide) groups is 1. The molecule has 0 saturated carbocycles. The molecule has 11 nitrogen and oxygen atoms in total. The van der Waals surface area contributed by atoms with Crippen molar-refractivity contribution in [1.82, 2.24) is 20.2 Å². The number of aromatic nitrogens is 3. The summed E-state index contributed by atoms with van der Waals surface area (Å²) < 4.78 is 23.0. The molecule has 1 amide bonds. The summed E-state index contributed by atoms with van der Waals surface area (Å²) in [7, 11) is 4.49. The maximum Gasteiger partial charge on any atom is 0.308 e. The summed E-state index contributed by atoms with van der Waals surface area (Å²) in [6.07, 6.45) is 1.43. The number of hydrazone groups is 1. The van der Waals surface area contributed by atoms with Gasteiger partial charge in [0.1, 0.15) is 5.75 Å². The number of amides is 1. The Morgan fingerprint density at radius 1 is 0.950 bits per heavy atom. The van der Waals surface area contributed by atoms with E-state index < -0.39 is 5.97 Å². The second-order valence-corrected chi connectivity index (χ2v) is 9.08. The van der Waals surface area contributed by atoms with Crippen LogP contribution in [-0.2, 0) is 9.59 Å². The van der Waals surface area contributed by atoms with Crippen molar-refractivity contribution in [2.45, 2.75) is 12.1 Å². The minimum Gasteiger partial charge on any atom is -0.497 e. The van der Waals surface area contributed by atoms with E-state index in [2.05, 4.69) is 20.7 Å². The fraction of sp³-hybridized carbons (Fsp3) is 0.179. The Hall–Kier alpha value is -4.84. The lowest BCUT2D eigenvalue weighted by Gasteiger charge is -2.13. The second kappa shape index (κ2) is 13.3. The Morgan fingerprint density at radius 3 is 2.23 bits per heavy atom. The Labute approximate surface area is 235 Å². The van der Waals surface area contributed by atoms with Gasteiger partial charge in [-0.1, -0.05) is 30.0 Å². The number of carbonyl (C=O) groups excluding carboxylic acids is 2. The first-order valence-electron chi connectivity index (χ1n) is 12.0. The lowest BCUT2D eigenvalue weighted by molar-refractivity contribution is -0.132. The number of methoxy groups -OCH3 is 3. The number of esters is 1. The number of benzene rings is 3. The fourth-order valence-electron chi connectivity index (χ4n) is 3.66. The average molecular weight is 562 g/mol. The van der Waals surface area contributed by atoms with Crippen LogP contribution in [0, 0.1) is 0 Å². The molecule has 0 aliphatic heterocycles. The van der Waals surface area contributed by atoms with Crippen molar-refractivity contribution in [1.29, 1.82) is 0 Å². The van der Waals surface area contributed by atoms with Crippen molar-refractivity contribution >= 4 is 29.9 Å². The molecule has 0 spiro atoms. The molecule has 40 heavy (non-hydrogen) atoms. The van der Waals surface area contributed by atoms with Gasteiger partial charge in [0.05, 0.1) is 33.3 Å². The van der Waals surface area contributed by atoms with Crippen LogP contribution < -0.4 is 24.4 Å². The molecule has 0 bridgehead atoms. The molecule has 3 aromatic carbocycles. The van der Waals surface area contributed by atoms with Crippen LogP contribution in [0.2, 0.25) is 0 Å². The number of para-hydroxylation sites is 1. The molecule has 12 heteroatoms. The van der Waals surface area contributed by atoms with Crippen molar-refractivity contribution in [2.75, 3.05) is 27.1 Å². The molecule has 206 valence electrons. The van der Waals surface area contributed by atoms with E-state index in [1.165, 1.54) is 39.1 Å². The van der Waals surface area contributed by atoms with Crippen LogP contribution in [0.1, 0.15) is 12.5 Å². The predicted molar refractivity (Wildman–Crippen MR) is 151 cm³/mol. The third-order valence-corrected chi connectivity index (χ3v) is 6.39. The van der Waals surface area contributed by atoms with E-state index in [1.807, 2.05) is 59.2 Å². The first-order valence-corrected chi connectivity index (χ1v) is 13.0. The summed E-state index contributed by atoms with van der Waals surface area (Å²) in [6, 6.07) is 20.4. The van der Waals surface area contributed by atoms with Crippen LogP contribution in [0.4, 0.5) is 0 Å². The third kappa shape index (κ3) is 6.77. The van der Waals surface area contributed by atoms with Crippen LogP contribution in [0.3, 0.4) is 0 Å². The van der Waals surface area contributed by atoms with Gasteiger partial charge in [-0.25, -0.2) is 5.43 Å². The average Bonchev–Trinajstić information content (AvgIpc) is 3.40. The molecular formula is C28H27N5O6S. The molecule has 0 atom stereocenters. The number of ether oxygens (including phenoxy) is 4. The molecule has 4 rings (SSSR count). The summed E-state index contributed by atoms with van der Waals surface area (Å²) >= 11 is 1.23. The van der Waals surface area contributed by atoms with Gasteiger partial charge in [0.2, 0.25) is 5.75 Å². The summed E-state index contributed by atoms with van der Waals surface area (Å²) in [6.45, 7) is 1.28. The van der Waals surface area contributed by atoms with Gasteiger partial charge in [-0.3, -0.25) is 14.2 Å². The number of nitrogens with zero attached hydrogens (tertiary/aromatic N) is 4. The molecule has 1 aromatic heterocycles. The van der Waals surface area contributed by atoms with Crippen molar-refractivity contribution in [3.63, 3.8) is 0 Å². The molecule has 1 N–H and O–H groups in total. The van der Waals surface area contributed by atoms with Crippen LogP contribution in [-0.4, -0.2) is 59.9 Å². The predicted octanol–water partition coefficient (Wildman–Crippen LogP) is 4.13. The molecule has 0 fully saturated rings. The molecule has 0 aliphatic rings. The van der Waals surface area contributed by atoms with Gasteiger partial charge in [0, 0.05) is 23.7 Å². The highest BCUT2D eigenvalue weighted by atomic mass is 32.2. The van der Waals surface area contributed by atoms with Crippen LogP contribution >= 0.6 is 11.8 Å². The highest BCUT2D eigenvalue weighted by Gasteiger charge is 2.18. The molecule has 0 unspecified atom stereocenters. The van der Waals surface area contributed by atoms with E-state index in [1.54, 1.807) is 19.2 Å². The lowest BCUT2D eigenvalue weighted by Crippen LogP contribution is -2.20. The Balaban J connectivity index is 1.47. The Morgan fingerprint density at radius 2 is 1.62 bits per heavy atom.